The van der Waals surface area contributed by atoms with Gasteiger partial charge in [-0.25, -0.2) is 0 Å². The van der Waals surface area contributed by atoms with Crippen LogP contribution in [0, 0.1) is 0 Å². The second-order valence-electron chi connectivity index (χ2n) is 3.57. The van der Waals surface area contributed by atoms with Crippen LogP contribution in [0.2, 0.25) is 0 Å². The predicted octanol–water partition coefficient (Wildman–Crippen LogP) is 4.00. The lowest BCUT2D eigenvalue weighted by Gasteiger charge is -2.15. The van der Waals surface area contributed by atoms with Crippen LogP contribution in [-0.2, 0) is 0 Å². The van der Waals surface area contributed by atoms with Crippen molar-refractivity contribution in [1.29, 1.82) is 0 Å². The minimum atomic E-state index is -0.564. The molecule has 0 amide bonds. The summed E-state index contributed by atoms with van der Waals surface area (Å²) in [5.74, 6) is 0.995. The summed E-state index contributed by atoms with van der Waals surface area (Å²) in [6, 6.07) is 7.37. The van der Waals surface area contributed by atoms with E-state index in [0.717, 1.165) is 5.39 Å². The summed E-state index contributed by atoms with van der Waals surface area (Å²) in [6.45, 7) is 0. The topological polar surface area (TPSA) is 35.5 Å². The Kier molecular flexibility index (Phi) is 3.78. The Hall–Kier alpha value is -1.26. The Morgan fingerprint density at radius 2 is 1.67 bits per heavy atom. The molecule has 94 valence electrons. The highest BCUT2D eigenvalue weighted by Gasteiger charge is 2.22. The smallest absolute Gasteiger partial charge is 0.256 e. The average molecular weight is 330 g/mol. The fourth-order valence-corrected chi connectivity index (χ4v) is 2.86. The number of benzene rings is 2. The molecule has 0 aliphatic rings. The van der Waals surface area contributed by atoms with Gasteiger partial charge in [0, 0.05) is 10.8 Å². The third-order valence-corrected chi connectivity index (χ3v) is 3.58. The molecule has 0 saturated carbocycles. The zero-order valence-electron chi connectivity index (χ0n) is 9.79. The van der Waals surface area contributed by atoms with Gasteiger partial charge in [0.05, 0.1) is 19.8 Å². The zero-order chi connectivity index (χ0) is 13.3. The van der Waals surface area contributed by atoms with Crippen molar-refractivity contribution in [2.75, 3.05) is 14.2 Å². The van der Waals surface area contributed by atoms with Gasteiger partial charge in [-0.05, 0) is 27.5 Å². The molecule has 18 heavy (non-hydrogen) atoms. The highest BCUT2D eigenvalue weighted by atomic mass is 79.9. The van der Waals surface area contributed by atoms with Crippen LogP contribution >= 0.6 is 27.5 Å². The van der Waals surface area contributed by atoms with Crippen molar-refractivity contribution < 1.29 is 14.3 Å². The molecule has 0 fully saturated rings. The van der Waals surface area contributed by atoms with Crippen LogP contribution in [0.1, 0.15) is 10.4 Å². The Bertz CT molecular complexity index is 625. The van der Waals surface area contributed by atoms with Gasteiger partial charge in [0.25, 0.3) is 5.24 Å². The second kappa shape index (κ2) is 5.16. The first-order valence-electron chi connectivity index (χ1n) is 5.13. The summed E-state index contributed by atoms with van der Waals surface area (Å²) in [6.07, 6.45) is 0. The van der Waals surface area contributed by atoms with Crippen molar-refractivity contribution in [3.8, 4) is 11.5 Å². The summed E-state index contributed by atoms with van der Waals surface area (Å²) >= 11 is 9.03. The fourth-order valence-electron chi connectivity index (χ4n) is 1.94. The second-order valence-corrected chi connectivity index (χ2v) is 4.71. The molecule has 3 nitrogen and oxygen atoms in total. The molecule has 0 saturated heterocycles. The van der Waals surface area contributed by atoms with Crippen LogP contribution in [0.4, 0.5) is 0 Å². The summed E-state index contributed by atoms with van der Waals surface area (Å²) in [4.78, 5) is 11.6. The first kappa shape index (κ1) is 13.2. The highest BCUT2D eigenvalue weighted by Crippen LogP contribution is 2.44. The third kappa shape index (κ3) is 1.95. The van der Waals surface area contributed by atoms with E-state index in [-0.39, 0.29) is 0 Å². The van der Waals surface area contributed by atoms with Crippen LogP contribution < -0.4 is 9.47 Å². The average Bonchev–Trinajstić information content (AvgIpc) is 2.37. The van der Waals surface area contributed by atoms with Gasteiger partial charge >= 0.3 is 0 Å². The van der Waals surface area contributed by atoms with Crippen LogP contribution in [0.3, 0.4) is 0 Å². The van der Waals surface area contributed by atoms with E-state index < -0.39 is 5.24 Å². The van der Waals surface area contributed by atoms with Crippen molar-refractivity contribution in [2.24, 2.45) is 0 Å². The summed E-state index contributed by atoms with van der Waals surface area (Å²) < 4.78 is 11.2. The number of carbonyl (C=O) groups excluding carboxylic acids is 1. The van der Waals surface area contributed by atoms with Gasteiger partial charge in [-0.2, -0.15) is 0 Å². The van der Waals surface area contributed by atoms with Gasteiger partial charge in [-0.1, -0.05) is 24.3 Å². The van der Waals surface area contributed by atoms with Crippen LogP contribution in [0.5, 0.6) is 11.5 Å². The van der Waals surface area contributed by atoms with Crippen molar-refractivity contribution in [1.82, 2.24) is 0 Å². The molecule has 5 heteroatoms. The summed E-state index contributed by atoms with van der Waals surface area (Å²) in [7, 11) is 3.05. The first-order chi connectivity index (χ1) is 8.61. The number of methoxy groups -OCH3 is 2. The maximum atomic E-state index is 11.6. The van der Waals surface area contributed by atoms with Gasteiger partial charge in [-0.3, -0.25) is 4.79 Å². The van der Waals surface area contributed by atoms with E-state index >= 15 is 0 Å². The van der Waals surface area contributed by atoms with E-state index in [4.69, 9.17) is 21.1 Å². The molecular formula is C13H10BrClO3. The number of halogens is 2. The largest absolute Gasteiger partial charge is 0.495 e. The van der Waals surface area contributed by atoms with Gasteiger partial charge in [0.2, 0.25) is 0 Å². The quantitative estimate of drug-likeness (QED) is 0.799. The molecule has 2 aromatic carbocycles. The Labute approximate surface area is 118 Å². The normalized spacial score (nSPS) is 10.4. The minimum absolute atomic E-state index is 0.336. The van der Waals surface area contributed by atoms with Crippen molar-refractivity contribution >= 4 is 43.5 Å². The molecule has 0 bridgehead atoms. The van der Waals surface area contributed by atoms with Crippen LogP contribution in [-0.4, -0.2) is 19.5 Å². The van der Waals surface area contributed by atoms with Crippen molar-refractivity contribution in [3.05, 3.63) is 34.3 Å². The fraction of sp³-hybridized carbons (Fsp3) is 0.154. The van der Waals surface area contributed by atoms with Crippen molar-refractivity contribution in [2.45, 2.75) is 0 Å². The van der Waals surface area contributed by atoms with E-state index in [1.165, 1.54) is 7.11 Å². The van der Waals surface area contributed by atoms with Crippen LogP contribution in [0.15, 0.2) is 28.7 Å². The first-order valence-corrected chi connectivity index (χ1v) is 6.31. The standard InChI is InChI=1S/C13H10BrClO3/c1-17-11-8-6-4-3-5-7(8)9(13(15)16)12(18-2)10(11)14/h3-6H,1-2H3. The monoisotopic (exact) mass is 328 g/mol. The molecule has 0 atom stereocenters. The predicted molar refractivity (Wildman–Crippen MR) is 74.9 cm³/mol. The zero-order valence-corrected chi connectivity index (χ0v) is 12.1. The number of fused-ring (bicyclic) bond motifs is 1. The third-order valence-electron chi connectivity index (χ3n) is 2.67. The van der Waals surface area contributed by atoms with E-state index in [0.29, 0.717) is 26.9 Å². The number of rotatable bonds is 3. The molecule has 0 unspecified atom stereocenters. The van der Waals surface area contributed by atoms with Crippen LogP contribution in [0.25, 0.3) is 10.8 Å². The SMILES string of the molecule is COc1c(Br)c(OC)c2ccccc2c1C(=O)Cl. The molecule has 2 rings (SSSR count). The Balaban J connectivity index is 3.01. The van der Waals surface area contributed by atoms with E-state index in [1.54, 1.807) is 7.11 Å². The van der Waals surface area contributed by atoms with Gasteiger partial charge < -0.3 is 9.47 Å². The van der Waals surface area contributed by atoms with E-state index in [9.17, 15) is 4.79 Å². The molecule has 0 spiro atoms. The molecule has 0 aliphatic heterocycles. The molecule has 0 radical (unpaired) electrons. The lowest BCUT2D eigenvalue weighted by atomic mass is 10.0. The molecule has 0 aromatic heterocycles. The lowest BCUT2D eigenvalue weighted by Crippen LogP contribution is -2.00. The summed E-state index contributed by atoms with van der Waals surface area (Å²) in [5.41, 5.74) is 0.336. The van der Waals surface area contributed by atoms with Gasteiger partial charge in [0.1, 0.15) is 16.0 Å². The molecule has 2 aromatic rings. The number of hydrogen-bond acceptors (Lipinski definition) is 3. The highest BCUT2D eigenvalue weighted by molar-refractivity contribution is 9.10. The summed E-state index contributed by atoms with van der Waals surface area (Å²) in [5, 5.41) is 0.942. The number of carbonyl (C=O) groups is 1. The molecule has 0 N–H and O–H groups in total. The van der Waals surface area contributed by atoms with Gasteiger partial charge in [0.15, 0.2) is 0 Å². The molecule has 0 heterocycles. The van der Waals surface area contributed by atoms with Crippen molar-refractivity contribution in [3.63, 3.8) is 0 Å². The minimum Gasteiger partial charge on any atom is -0.495 e. The number of ether oxygens (including phenoxy) is 2. The maximum absolute atomic E-state index is 11.6. The Morgan fingerprint density at radius 1 is 1.11 bits per heavy atom. The molecular weight excluding hydrogens is 319 g/mol. The maximum Gasteiger partial charge on any atom is 0.256 e. The number of hydrogen-bond donors (Lipinski definition) is 0. The van der Waals surface area contributed by atoms with E-state index in [2.05, 4.69) is 15.9 Å². The van der Waals surface area contributed by atoms with E-state index in [1.807, 2.05) is 24.3 Å². The van der Waals surface area contributed by atoms with Gasteiger partial charge in [-0.15, -0.1) is 0 Å². The lowest BCUT2D eigenvalue weighted by molar-refractivity contribution is 0.108. The Morgan fingerprint density at radius 3 is 2.17 bits per heavy atom. The molecule has 0 aliphatic carbocycles.